The zero-order valence-electron chi connectivity index (χ0n) is 21.4. The van der Waals surface area contributed by atoms with Crippen LogP contribution in [0.5, 0.6) is 5.88 Å². The number of aromatic nitrogens is 2. The van der Waals surface area contributed by atoms with Gasteiger partial charge in [-0.1, -0.05) is 38.2 Å². The molecule has 37 heavy (non-hydrogen) atoms. The molecule has 11 heteroatoms. The number of carbonyl (C=O) groups is 5. The molecule has 0 spiro atoms. The summed E-state index contributed by atoms with van der Waals surface area (Å²) in [5, 5.41) is 20.1. The number of ether oxygens (including phenoxy) is 1. The van der Waals surface area contributed by atoms with E-state index < -0.39 is 42.7 Å². The molecule has 2 rings (SSSR count). The van der Waals surface area contributed by atoms with E-state index in [1.54, 1.807) is 17.6 Å². The molecule has 11 nitrogen and oxygen atoms in total. The lowest BCUT2D eigenvalue weighted by Gasteiger charge is -2.13. The Morgan fingerprint density at radius 3 is 2.32 bits per heavy atom. The number of hydrogen-bond donors (Lipinski definition) is 3. The Morgan fingerprint density at radius 1 is 1.14 bits per heavy atom. The first kappa shape index (κ1) is 30.8. The molecule has 0 fully saturated rings. The van der Waals surface area contributed by atoms with Crippen LogP contribution in [0.1, 0.15) is 56.1 Å². The highest BCUT2D eigenvalue weighted by atomic mass is 16.5. The molecule has 0 saturated heterocycles. The lowest BCUT2D eigenvalue weighted by molar-refractivity contribution is -0.147. The van der Waals surface area contributed by atoms with E-state index in [0.717, 1.165) is 12.8 Å². The van der Waals surface area contributed by atoms with E-state index in [-0.39, 0.29) is 23.1 Å². The van der Waals surface area contributed by atoms with Crippen LogP contribution >= 0.6 is 0 Å². The van der Waals surface area contributed by atoms with E-state index in [0.29, 0.717) is 17.8 Å². The number of ketones is 1. The Labute approximate surface area is 214 Å². The molecule has 2 aromatic rings. The Hall–Kier alpha value is -4.28. The maximum absolute atomic E-state index is 12.3. The number of amides is 1. The SMILES string of the molecule is C/C=C\CC.CC/C=C/Cn1c(C)c(C(=O)C=O)c2c(OCC(=O)NC(CC(=O)O)C(=O)O)nccc21. The molecule has 3 N–H and O–H groups in total. The van der Waals surface area contributed by atoms with Crippen molar-refractivity contribution in [1.29, 1.82) is 0 Å². The summed E-state index contributed by atoms with van der Waals surface area (Å²) in [4.78, 5) is 61.6. The average molecular weight is 516 g/mol. The highest BCUT2D eigenvalue weighted by Gasteiger charge is 2.25. The van der Waals surface area contributed by atoms with Crippen LogP contribution in [0.2, 0.25) is 0 Å². The van der Waals surface area contributed by atoms with E-state index in [1.807, 2.05) is 26.0 Å². The number of nitrogens with zero attached hydrogens (tertiary/aromatic N) is 2. The van der Waals surface area contributed by atoms with Crippen molar-refractivity contribution < 1.29 is 38.9 Å². The molecule has 2 heterocycles. The van der Waals surface area contributed by atoms with Crippen LogP contribution in [0.4, 0.5) is 0 Å². The fourth-order valence-electron chi connectivity index (χ4n) is 3.42. The monoisotopic (exact) mass is 515 g/mol. The van der Waals surface area contributed by atoms with Crippen LogP contribution in [0.3, 0.4) is 0 Å². The van der Waals surface area contributed by atoms with Gasteiger partial charge in [0.1, 0.15) is 6.04 Å². The highest BCUT2D eigenvalue weighted by molar-refractivity contribution is 6.37. The molecule has 1 atom stereocenters. The van der Waals surface area contributed by atoms with Crippen LogP contribution in [0.15, 0.2) is 36.6 Å². The van der Waals surface area contributed by atoms with Gasteiger partial charge in [-0.05, 0) is 32.8 Å². The Kier molecular flexibility index (Phi) is 13.0. The molecule has 0 radical (unpaired) electrons. The van der Waals surface area contributed by atoms with E-state index in [2.05, 4.69) is 29.4 Å². The average Bonchev–Trinajstić information content (AvgIpc) is 3.14. The molecular formula is C26H33N3O8. The number of nitrogens with one attached hydrogen (secondary N) is 1. The summed E-state index contributed by atoms with van der Waals surface area (Å²) in [6.45, 7) is 7.57. The van der Waals surface area contributed by atoms with Gasteiger partial charge in [0.15, 0.2) is 12.9 Å². The summed E-state index contributed by atoms with van der Waals surface area (Å²) in [7, 11) is 0. The van der Waals surface area contributed by atoms with Crippen molar-refractivity contribution in [2.75, 3.05) is 6.61 Å². The smallest absolute Gasteiger partial charge is 0.326 e. The summed E-state index contributed by atoms with van der Waals surface area (Å²) >= 11 is 0. The molecule has 200 valence electrons. The normalized spacial score (nSPS) is 11.7. The predicted molar refractivity (Wildman–Crippen MR) is 137 cm³/mol. The first-order valence-electron chi connectivity index (χ1n) is 11.7. The van der Waals surface area contributed by atoms with Crippen LogP contribution < -0.4 is 10.1 Å². The van der Waals surface area contributed by atoms with Gasteiger partial charge < -0.3 is 24.8 Å². The lowest BCUT2D eigenvalue weighted by Crippen LogP contribution is -2.44. The van der Waals surface area contributed by atoms with Gasteiger partial charge in [0.25, 0.3) is 5.91 Å². The van der Waals surface area contributed by atoms with E-state index in [4.69, 9.17) is 14.9 Å². The first-order valence-corrected chi connectivity index (χ1v) is 11.7. The molecule has 0 aliphatic heterocycles. The van der Waals surface area contributed by atoms with Gasteiger partial charge in [-0.15, -0.1) is 0 Å². The third-order valence-corrected chi connectivity index (χ3v) is 5.07. The van der Waals surface area contributed by atoms with Crippen molar-refractivity contribution in [3.63, 3.8) is 0 Å². The molecule has 1 unspecified atom stereocenters. The molecule has 2 aromatic heterocycles. The number of carbonyl (C=O) groups excluding carboxylic acids is 3. The van der Waals surface area contributed by atoms with Crippen molar-refractivity contribution in [3.05, 3.63) is 47.8 Å². The highest BCUT2D eigenvalue weighted by Crippen LogP contribution is 2.32. The van der Waals surface area contributed by atoms with E-state index in [1.165, 1.54) is 6.20 Å². The third-order valence-electron chi connectivity index (χ3n) is 5.07. The summed E-state index contributed by atoms with van der Waals surface area (Å²) < 4.78 is 7.24. The molecule has 0 aliphatic rings. The standard InChI is InChI=1S/C21H23N3O8.C5H10/c1-3-4-5-8-24-12(2)18(15(26)10-25)19-14(24)6-7-22-20(19)32-11-16(27)23-13(21(30)31)9-17(28)29;1-3-5-4-2/h4-7,10,13H,3,8-9,11H2,1-2H3,(H,23,27)(H,28,29)(H,30,31);3,5H,4H2,1-2H3/b5-4+;5-3-. The number of Topliss-reactive ketones (excluding diaryl/α,β-unsaturated/α-hetero) is 1. The summed E-state index contributed by atoms with van der Waals surface area (Å²) in [6, 6.07) is 0.0115. The van der Waals surface area contributed by atoms with Gasteiger partial charge in [-0.25, -0.2) is 9.78 Å². The number of carboxylic acids is 2. The number of rotatable bonds is 13. The maximum atomic E-state index is 12.3. The van der Waals surface area contributed by atoms with Crippen molar-refractivity contribution in [2.45, 2.75) is 59.5 Å². The van der Waals surface area contributed by atoms with Crippen LogP contribution in [0, 0.1) is 6.92 Å². The predicted octanol–water partition coefficient (Wildman–Crippen LogP) is 3.09. The number of allylic oxidation sites excluding steroid dienone is 4. The first-order chi connectivity index (χ1) is 17.6. The van der Waals surface area contributed by atoms with Crippen molar-refractivity contribution in [2.24, 2.45) is 0 Å². The molecule has 0 saturated carbocycles. The van der Waals surface area contributed by atoms with Gasteiger partial charge in [0.2, 0.25) is 11.7 Å². The van der Waals surface area contributed by atoms with Crippen molar-refractivity contribution in [3.8, 4) is 5.88 Å². The molecule has 1 amide bonds. The minimum absolute atomic E-state index is 0.0886. The van der Waals surface area contributed by atoms with Gasteiger partial charge >= 0.3 is 11.9 Å². The number of hydrogen-bond acceptors (Lipinski definition) is 7. The Morgan fingerprint density at radius 2 is 1.81 bits per heavy atom. The fourth-order valence-corrected chi connectivity index (χ4v) is 3.42. The van der Waals surface area contributed by atoms with Gasteiger partial charge in [0, 0.05) is 18.4 Å². The largest absolute Gasteiger partial charge is 0.481 e. The minimum Gasteiger partial charge on any atom is -0.481 e. The number of pyridine rings is 1. The molecular weight excluding hydrogens is 482 g/mol. The molecule has 0 aromatic carbocycles. The maximum Gasteiger partial charge on any atom is 0.326 e. The topological polar surface area (TPSA) is 165 Å². The number of carboxylic acid groups (broad SMARTS) is 2. The number of aliphatic carboxylic acids is 2. The molecule has 0 bridgehead atoms. The lowest BCUT2D eigenvalue weighted by atomic mass is 10.1. The second kappa shape index (κ2) is 15.7. The van der Waals surface area contributed by atoms with Crippen LogP contribution in [-0.4, -0.2) is 62.3 Å². The zero-order valence-corrected chi connectivity index (χ0v) is 21.4. The second-order valence-corrected chi connectivity index (χ2v) is 7.77. The van der Waals surface area contributed by atoms with Crippen LogP contribution in [-0.2, 0) is 25.7 Å². The summed E-state index contributed by atoms with van der Waals surface area (Å²) in [5.41, 5.74) is 1.18. The van der Waals surface area contributed by atoms with Crippen LogP contribution in [0.25, 0.3) is 10.9 Å². The third kappa shape index (κ3) is 9.02. The quantitative estimate of drug-likeness (QED) is 0.157. The molecule has 0 aliphatic carbocycles. The van der Waals surface area contributed by atoms with Gasteiger partial charge in [0.05, 0.1) is 22.9 Å². The summed E-state index contributed by atoms with van der Waals surface area (Å²) in [5.74, 6) is -4.65. The Bertz CT molecular complexity index is 1180. The number of fused-ring (bicyclic) bond motifs is 1. The zero-order chi connectivity index (χ0) is 28.0. The van der Waals surface area contributed by atoms with Crippen molar-refractivity contribution >= 4 is 40.8 Å². The van der Waals surface area contributed by atoms with Crippen molar-refractivity contribution in [1.82, 2.24) is 14.9 Å². The van der Waals surface area contributed by atoms with E-state index in [9.17, 15) is 24.0 Å². The summed E-state index contributed by atoms with van der Waals surface area (Å²) in [6.07, 6.45) is 10.8. The minimum atomic E-state index is -1.63. The van der Waals surface area contributed by atoms with Gasteiger partial charge in [-0.3, -0.25) is 19.2 Å². The second-order valence-electron chi connectivity index (χ2n) is 7.77. The Balaban J connectivity index is 0.00000124. The number of aldehydes is 1. The fraction of sp³-hybridized carbons (Fsp3) is 0.385. The van der Waals surface area contributed by atoms with E-state index >= 15 is 0 Å². The van der Waals surface area contributed by atoms with Gasteiger partial charge in [-0.2, -0.15) is 0 Å².